The Balaban J connectivity index is 1.66. The molecule has 1 aliphatic heterocycles. The third-order valence-corrected chi connectivity index (χ3v) is 6.12. The molecule has 1 aromatic heterocycles. The molecule has 1 fully saturated rings. The van der Waals surface area contributed by atoms with Gasteiger partial charge in [0.25, 0.3) is 5.91 Å². The number of carbonyl (C=O) groups excluding carboxylic acids is 2. The van der Waals surface area contributed by atoms with Crippen LogP contribution >= 0.6 is 0 Å². The summed E-state index contributed by atoms with van der Waals surface area (Å²) in [7, 11) is 0. The predicted molar refractivity (Wildman–Crippen MR) is 108 cm³/mol. The number of fused-ring (bicyclic) bond motifs is 1. The van der Waals surface area contributed by atoms with Crippen LogP contribution in [-0.4, -0.2) is 33.3 Å². The van der Waals surface area contributed by atoms with Crippen LogP contribution in [0.15, 0.2) is 48.8 Å². The van der Waals surface area contributed by atoms with Crippen LogP contribution in [0.5, 0.6) is 0 Å². The average molecular weight is 377 g/mol. The number of hydrogen-bond acceptors (Lipinski definition) is 3. The van der Waals surface area contributed by atoms with Crippen molar-refractivity contribution >= 4 is 11.8 Å². The molecule has 28 heavy (non-hydrogen) atoms. The van der Waals surface area contributed by atoms with E-state index in [1.807, 2.05) is 43.3 Å². The van der Waals surface area contributed by atoms with Crippen molar-refractivity contribution in [2.24, 2.45) is 0 Å². The molecule has 4 rings (SSSR count). The van der Waals surface area contributed by atoms with Gasteiger partial charge in [-0.25, -0.2) is 0 Å². The normalized spacial score (nSPS) is 22.6. The van der Waals surface area contributed by atoms with Crippen molar-refractivity contribution in [3.8, 4) is 0 Å². The maximum absolute atomic E-state index is 13.4. The number of amides is 2. The molecule has 2 aliphatic rings. The fourth-order valence-corrected chi connectivity index (χ4v) is 4.43. The first-order chi connectivity index (χ1) is 13.6. The second kappa shape index (κ2) is 7.74. The molecule has 0 bridgehead atoms. The maximum Gasteiger partial charge on any atom is 0.255 e. The van der Waals surface area contributed by atoms with Gasteiger partial charge in [-0.3, -0.25) is 14.6 Å². The van der Waals surface area contributed by atoms with Crippen molar-refractivity contribution in [2.45, 2.75) is 63.6 Å². The minimum Gasteiger partial charge on any atom is -0.351 e. The molecule has 0 spiro atoms. The van der Waals surface area contributed by atoms with Crippen LogP contribution in [0.25, 0.3) is 0 Å². The summed E-state index contributed by atoms with van der Waals surface area (Å²) in [5.74, 6) is -0.141. The zero-order valence-corrected chi connectivity index (χ0v) is 16.4. The lowest BCUT2D eigenvalue weighted by atomic mass is 9.82. The van der Waals surface area contributed by atoms with Gasteiger partial charge in [-0.2, -0.15) is 0 Å². The zero-order chi connectivity index (χ0) is 19.6. The standard InChI is InChI=1S/C23H27N3O2/c1-23(22(28)25-19-10-3-2-4-11-19)14-18-9-5-6-12-20(18)21(27)26(23)16-17-8-7-13-24-15-17/h5-9,12-13,15,19H,2-4,10-11,14,16H2,1H3,(H,25,28). The fourth-order valence-electron chi connectivity index (χ4n) is 4.43. The van der Waals surface area contributed by atoms with Gasteiger partial charge in [-0.1, -0.05) is 43.5 Å². The molecule has 1 aliphatic carbocycles. The van der Waals surface area contributed by atoms with Gasteiger partial charge in [0, 0.05) is 37.0 Å². The second-order valence-corrected chi connectivity index (χ2v) is 8.17. The summed E-state index contributed by atoms with van der Waals surface area (Å²) >= 11 is 0. The van der Waals surface area contributed by atoms with Crippen LogP contribution < -0.4 is 5.32 Å². The number of benzene rings is 1. The molecule has 1 aromatic carbocycles. The minimum absolute atomic E-state index is 0.0499. The Bertz CT molecular complexity index is 861. The van der Waals surface area contributed by atoms with E-state index < -0.39 is 5.54 Å². The summed E-state index contributed by atoms with van der Waals surface area (Å²) in [5.41, 5.74) is 1.64. The lowest BCUT2D eigenvalue weighted by Gasteiger charge is -2.44. The van der Waals surface area contributed by atoms with Crippen LogP contribution in [0.2, 0.25) is 0 Å². The first-order valence-electron chi connectivity index (χ1n) is 10.2. The van der Waals surface area contributed by atoms with E-state index in [0.717, 1.165) is 36.8 Å². The molecule has 146 valence electrons. The number of aromatic nitrogens is 1. The van der Waals surface area contributed by atoms with E-state index in [-0.39, 0.29) is 17.9 Å². The lowest BCUT2D eigenvalue weighted by Crippen LogP contribution is -2.63. The summed E-state index contributed by atoms with van der Waals surface area (Å²) in [6.07, 6.45) is 9.59. The molecule has 0 radical (unpaired) electrons. The second-order valence-electron chi connectivity index (χ2n) is 8.17. The van der Waals surface area contributed by atoms with Crippen molar-refractivity contribution < 1.29 is 9.59 Å². The number of rotatable bonds is 4. The SMILES string of the molecule is CC1(C(=O)NC2CCCCC2)Cc2ccccc2C(=O)N1Cc1cccnc1. The first kappa shape index (κ1) is 18.7. The highest BCUT2D eigenvalue weighted by molar-refractivity contribution is 6.02. The molecule has 0 saturated heterocycles. The van der Waals surface area contributed by atoms with E-state index in [9.17, 15) is 9.59 Å². The molecule has 2 aromatic rings. The Morgan fingerprint density at radius 1 is 1.18 bits per heavy atom. The quantitative estimate of drug-likeness (QED) is 0.887. The molecule has 5 heteroatoms. The Morgan fingerprint density at radius 3 is 2.71 bits per heavy atom. The molecule has 2 heterocycles. The Morgan fingerprint density at radius 2 is 1.96 bits per heavy atom. The maximum atomic E-state index is 13.4. The third-order valence-electron chi connectivity index (χ3n) is 6.12. The van der Waals surface area contributed by atoms with E-state index in [1.165, 1.54) is 6.42 Å². The molecule has 2 amide bonds. The van der Waals surface area contributed by atoms with Gasteiger partial charge in [0.2, 0.25) is 5.91 Å². The van der Waals surface area contributed by atoms with Crippen molar-refractivity contribution in [2.75, 3.05) is 0 Å². The van der Waals surface area contributed by atoms with Gasteiger partial charge >= 0.3 is 0 Å². The van der Waals surface area contributed by atoms with Gasteiger partial charge < -0.3 is 10.2 Å². The number of nitrogens with one attached hydrogen (secondary N) is 1. The monoisotopic (exact) mass is 377 g/mol. The van der Waals surface area contributed by atoms with Gasteiger partial charge in [-0.15, -0.1) is 0 Å². The van der Waals surface area contributed by atoms with Crippen LogP contribution in [-0.2, 0) is 17.8 Å². The lowest BCUT2D eigenvalue weighted by molar-refractivity contribution is -0.133. The van der Waals surface area contributed by atoms with E-state index >= 15 is 0 Å². The van der Waals surface area contributed by atoms with Crippen LogP contribution in [0.1, 0.15) is 60.5 Å². The Labute approximate surface area is 166 Å². The largest absolute Gasteiger partial charge is 0.351 e. The fraction of sp³-hybridized carbons (Fsp3) is 0.435. The number of pyridine rings is 1. The van der Waals surface area contributed by atoms with Crippen molar-refractivity contribution in [1.82, 2.24) is 15.2 Å². The molecule has 1 saturated carbocycles. The Kier molecular flexibility index (Phi) is 5.16. The average Bonchev–Trinajstić information content (AvgIpc) is 2.72. The minimum atomic E-state index is -0.918. The molecule has 1 atom stereocenters. The van der Waals surface area contributed by atoms with Gasteiger partial charge in [0.1, 0.15) is 5.54 Å². The van der Waals surface area contributed by atoms with Crippen LogP contribution in [0, 0.1) is 0 Å². The van der Waals surface area contributed by atoms with Crippen molar-refractivity contribution in [1.29, 1.82) is 0 Å². The molecular weight excluding hydrogens is 350 g/mol. The highest BCUT2D eigenvalue weighted by atomic mass is 16.2. The van der Waals surface area contributed by atoms with E-state index in [2.05, 4.69) is 10.3 Å². The smallest absolute Gasteiger partial charge is 0.255 e. The summed E-state index contributed by atoms with van der Waals surface area (Å²) in [6, 6.07) is 11.6. The summed E-state index contributed by atoms with van der Waals surface area (Å²) in [5, 5.41) is 3.25. The highest BCUT2D eigenvalue weighted by Crippen LogP contribution is 2.33. The molecule has 5 nitrogen and oxygen atoms in total. The zero-order valence-electron chi connectivity index (χ0n) is 16.4. The predicted octanol–water partition coefficient (Wildman–Crippen LogP) is 3.49. The van der Waals surface area contributed by atoms with Crippen LogP contribution in [0.4, 0.5) is 0 Å². The Hall–Kier alpha value is -2.69. The number of carbonyl (C=O) groups is 2. The first-order valence-corrected chi connectivity index (χ1v) is 10.2. The molecule has 1 N–H and O–H groups in total. The topological polar surface area (TPSA) is 62.3 Å². The molecule has 1 unspecified atom stereocenters. The number of nitrogens with zero attached hydrogens (tertiary/aromatic N) is 2. The van der Waals surface area contributed by atoms with Crippen LogP contribution in [0.3, 0.4) is 0 Å². The van der Waals surface area contributed by atoms with Gasteiger partial charge in [0.05, 0.1) is 0 Å². The summed E-state index contributed by atoms with van der Waals surface area (Å²) in [6.45, 7) is 2.27. The van der Waals surface area contributed by atoms with Crippen molar-refractivity contribution in [3.63, 3.8) is 0 Å². The van der Waals surface area contributed by atoms with E-state index in [1.54, 1.807) is 17.3 Å². The summed E-state index contributed by atoms with van der Waals surface area (Å²) < 4.78 is 0. The molecular formula is C23H27N3O2. The summed E-state index contributed by atoms with van der Waals surface area (Å²) in [4.78, 5) is 32.7. The van der Waals surface area contributed by atoms with Crippen molar-refractivity contribution in [3.05, 3.63) is 65.5 Å². The van der Waals surface area contributed by atoms with Gasteiger partial charge in [-0.05, 0) is 43.0 Å². The number of hydrogen-bond donors (Lipinski definition) is 1. The third kappa shape index (κ3) is 3.53. The van der Waals surface area contributed by atoms with E-state index in [0.29, 0.717) is 18.5 Å². The highest BCUT2D eigenvalue weighted by Gasteiger charge is 2.47. The van der Waals surface area contributed by atoms with E-state index in [4.69, 9.17) is 0 Å². The van der Waals surface area contributed by atoms with Gasteiger partial charge in [0.15, 0.2) is 0 Å².